The Bertz CT molecular complexity index is 279. The first-order valence-electron chi connectivity index (χ1n) is 7.24. The highest BCUT2D eigenvalue weighted by Gasteiger charge is 2.04. The fourth-order valence-corrected chi connectivity index (χ4v) is 2.05. The summed E-state index contributed by atoms with van der Waals surface area (Å²) in [5.41, 5.74) is 0. The number of rotatable bonds is 0. The summed E-state index contributed by atoms with van der Waals surface area (Å²) in [6.45, 7) is 2.81. The lowest BCUT2D eigenvalue weighted by atomic mass is 10.0. The van der Waals surface area contributed by atoms with Gasteiger partial charge in [-0.2, -0.15) is 0 Å². The van der Waals surface area contributed by atoms with Crippen LogP contribution in [0.3, 0.4) is 0 Å². The zero-order valence-corrected chi connectivity index (χ0v) is 11.6. The highest BCUT2D eigenvalue weighted by atomic mass is 16.5. The maximum atomic E-state index is 11.4. The minimum Gasteiger partial charge on any atom is -0.465 e. The quantitative estimate of drug-likeness (QED) is 0.470. The topological polar surface area (TPSA) is 26.3 Å². The Hall–Kier alpha value is -1.05. The minimum atomic E-state index is -0.0922. The van der Waals surface area contributed by atoms with Crippen LogP contribution in [0.25, 0.3) is 0 Å². The predicted molar refractivity (Wildman–Crippen MR) is 75.3 cm³/mol. The molecule has 0 aliphatic carbocycles. The number of esters is 1. The van der Waals surface area contributed by atoms with Gasteiger partial charge < -0.3 is 4.74 Å². The molecule has 102 valence electrons. The van der Waals surface area contributed by atoms with E-state index in [1.54, 1.807) is 0 Å². The average molecular weight is 250 g/mol. The summed E-state index contributed by atoms with van der Waals surface area (Å²) in [7, 11) is 0. The third kappa shape index (κ3) is 8.10. The molecule has 0 aromatic heterocycles. The molecular weight excluding hydrogens is 224 g/mol. The lowest BCUT2D eigenvalue weighted by molar-refractivity contribution is -0.142. The number of ether oxygens (including phenoxy) is 1. The fourth-order valence-electron chi connectivity index (χ4n) is 2.05. The van der Waals surface area contributed by atoms with E-state index in [-0.39, 0.29) is 5.97 Å². The van der Waals surface area contributed by atoms with Crippen LogP contribution in [0.4, 0.5) is 0 Å². The van der Waals surface area contributed by atoms with Gasteiger partial charge >= 0.3 is 5.97 Å². The van der Waals surface area contributed by atoms with E-state index in [0.29, 0.717) is 18.9 Å². The first-order valence-corrected chi connectivity index (χ1v) is 7.24. The van der Waals surface area contributed by atoms with E-state index in [1.807, 2.05) is 6.08 Å². The van der Waals surface area contributed by atoms with Crippen molar-refractivity contribution >= 4 is 5.97 Å². The first-order chi connectivity index (χ1) is 8.79. The minimum absolute atomic E-state index is 0.0922. The third-order valence-corrected chi connectivity index (χ3v) is 3.30. The highest BCUT2D eigenvalue weighted by molar-refractivity contribution is 5.71. The molecule has 0 aromatic carbocycles. The molecule has 0 fully saturated rings. The summed E-state index contributed by atoms with van der Waals surface area (Å²) in [6, 6.07) is 0. The van der Waals surface area contributed by atoms with Crippen LogP contribution in [0.5, 0.6) is 0 Å². The molecule has 1 heterocycles. The summed E-state index contributed by atoms with van der Waals surface area (Å²) in [5, 5.41) is 0. The number of hydrogen-bond donors (Lipinski definition) is 0. The van der Waals surface area contributed by atoms with Crippen molar-refractivity contribution in [1.82, 2.24) is 0 Å². The van der Waals surface area contributed by atoms with Crippen molar-refractivity contribution in [2.45, 2.75) is 58.3 Å². The van der Waals surface area contributed by atoms with Crippen LogP contribution in [-0.2, 0) is 9.53 Å². The second kappa shape index (κ2) is 9.93. The molecule has 0 spiro atoms. The molecule has 18 heavy (non-hydrogen) atoms. The normalized spacial score (nSPS) is 28.3. The van der Waals surface area contributed by atoms with Gasteiger partial charge in [-0.15, -0.1) is 0 Å². The van der Waals surface area contributed by atoms with E-state index in [1.165, 1.54) is 25.7 Å². The fraction of sp³-hybridized carbons (Fsp3) is 0.688. The zero-order valence-electron chi connectivity index (χ0n) is 11.6. The summed E-state index contributed by atoms with van der Waals surface area (Å²) in [4.78, 5) is 11.4. The van der Waals surface area contributed by atoms with E-state index < -0.39 is 0 Å². The Labute approximate surface area is 111 Å². The molecule has 1 rings (SSSR count). The van der Waals surface area contributed by atoms with Crippen LogP contribution in [0.1, 0.15) is 58.3 Å². The largest absolute Gasteiger partial charge is 0.465 e. The van der Waals surface area contributed by atoms with Crippen molar-refractivity contribution in [3.05, 3.63) is 24.3 Å². The van der Waals surface area contributed by atoms with Crippen LogP contribution in [-0.4, -0.2) is 12.6 Å². The van der Waals surface area contributed by atoms with Gasteiger partial charge in [0.05, 0.1) is 13.0 Å². The molecular formula is C16H26O2. The molecule has 0 radical (unpaired) electrons. The SMILES string of the molecule is CC1CCC/C=C/CCC/C=C/CC(=O)OCC1. The molecule has 2 nitrogen and oxygen atoms in total. The van der Waals surface area contributed by atoms with E-state index in [0.717, 1.165) is 19.3 Å². The Kier molecular flexibility index (Phi) is 8.28. The lowest BCUT2D eigenvalue weighted by Gasteiger charge is -2.10. The van der Waals surface area contributed by atoms with Gasteiger partial charge in [-0.1, -0.05) is 37.6 Å². The summed E-state index contributed by atoms with van der Waals surface area (Å²) >= 11 is 0. The lowest BCUT2D eigenvalue weighted by Crippen LogP contribution is -2.07. The van der Waals surface area contributed by atoms with Gasteiger partial charge in [0.2, 0.25) is 0 Å². The van der Waals surface area contributed by atoms with Crippen molar-refractivity contribution in [3.8, 4) is 0 Å². The van der Waals surface area contributed by atoms with Gasteiger partial charge in [0.1, 0.15) is 0 Å². The zero-order chi connectivity index (χ0) is 13.1. The Morgan fingerprint density at radius 2 is 1.67 bits per heavy atom. The summed E-state index contributed by atoms with van der Waals surface area (Å²) in [5.74, 6) is 0.556. The molecule has 0 saturated heterocycles. The molecule has 2 heteroatoms. The van der Waals surface area contributed by atoms with E-state index in [4.69, 9.17) is 4.74 Å². The van der Waals surface area contributed by atoms with Crippen LogP contribution < -0.4 is 0 Å². The molecule has 0 saturated carbocycles. The van der Waals surface area contributed by atoms with Crippen molar-refractivity contribution in [3.63, 3.8) is 0 Å². The van der Waals surface area contributed by atoms with Crippen molar-refractivity contribution < 1.29 is 9.53 Å². The monoisotopic (exact) mass is 250 g/mol. The maximum Gasteiger partial charge on any atom is 0.309 e. The van der Waals surface area contributed by atoms with E-state index in [2.05, 4.69) is 25.2 Å². The third-order valence-electron chi connectivity index (χ3n) is 3.30. The number of carbonyl (C=O) groups is 1. The molecule has 1 unspecified atom stereocenters. The van der Waals surface area contributed by atoms with Crippen molar-refractivity contribution in [2.24, 2.45) is 5.92 Å². The molecule has 0 bridgehead atoms. The Morgan fingerprint density at radius 3 is 2.44 bits per heavy atom. The molecule has 1 aliphatic heterocycles. The molecule has 0 amide bonds. The number of hydrogen-bond acceptors (Lipinski definition) is 2. The average Bonchev–Trinajstić information content (AvgIpc) is 2.34. The number of carbonyl (C=O) groups excluding carboxylic acids is 1. The van der Waals surface area contributed by atoms with E-state index in [9.17, 15) is 4.79 Å². The second-order valence-corrected chi connectivity index (χ2v) is 5.12. The van der Waals surface area contributed by atoms with Crippen molar-refractivity contribution in [2.75, 3.05) is 6.61 Å². The molecule has 0 aromatic rings. The van der Waals surface area contributed by atoms with Gasteiger partial charge in [-0.3, -0.25) is 4.79 Å². The van der Waals surface area contributed by atoms with Crippen LogP contribution in [0.2, 0.25) is 0 Å². The van der Waals surface area contributed by atoms with Crippen molar-refractivity contribution in [1.29, 1.82) is 0 Å². The maximum absolute atomic E-state index is 11.4. The molecule has 1 aliphatic rings. The summed E-state index contributed by atoms with van der Waals surface area (Å²) < 4.78 is 5.21. The smallest absolute Gasteiger partial charge is 0.309 e. The predicted octanol–water partition coefficient (Wildman–Crippen LogP) is 4.41. The highest BCUT2D eigenvalue weighted by Crippen LogP contribution is 2.13. The van der Waals surface area contributed by atoms with Gasteiger partial charge in [-0.25, -0.2) is 0 Å². The van der Waals surface area contributed by atoms with Crippen LogP contribution >= 0.6 is 0 Å². The van der Waals surface area contributed by atoms with E-state index >= 15 is 0 Å². The molecule has 1 atom stereocenters. The second-order valence-electron chi connectivity index (χ2n) is 5.12. The van der Waals surface area contributed by atoms with Crippen LogP contribution in [0.15, 0.2) is 24.3 Å². The van der Waals surface area contributed by atoms with Gasteiger partial charge in [0, 0.05) is 0 Å². The van der Waals surface area contributed by atoms with Gasteiger partial charge in [0.25, 0.3) is 0 Å². The van der Waals surface area contributed by atoms with Crippen LogP contribution in [0, 0.1) is 5.92 Å². The first kappa shape index (κ1) is 15.0. The van der Waals surface area contributed by atoms with Gasteiger partial charge in [-0.05, 0) is 44.4 Å². The number of allylic oxidation sites excluding steroid dienone is 3. The Morgan fingerprint density at radius 1 is 1.00 bits per heavy atom. The summed E-state index contributed by atoms with van der Waals surface area (Å²) in [6.07, 6.45) is 17.0. The van der Waals surface area contributed by atoms with Gasteiger partial charge in [0.15, 0.2) is 0 Å². The number of cyclic esters (lactones) is 1. The molecule has 0 N–H and O–H groups in total. The standard InChI is InChI=1S/C16H26O2/c1-15-11-9-7-5-3-2-4-6-8-10-12-16(17)18-14-13-15/h3,5,8,10,15H,2,4,6-7,9,11-14H2,1H3/b5-3+,10-8+. The Balaban J connectivity index is 2.34.